The number of alkyl carbamates (subject to hydrolysis) is 1. The molecule has 1 aromatic rings. The first-order valence-corrected chi connectivity index (χ1v) is 11.7. The molecule has 0 radical (unpaired) electrons. The summed E-state index contributed by atoms with van der Waals surface area (Å²) < 4.78 is 31.5. The lowest BCUT2D eigenvalue weighted by molar-refractivity contribution is -0.166. The number of carbonyl (C=O) groups is 4. The van der Waals surface area contributed by atoms with Crippen LogP contribution in [-0.4, -0.2) is 66.7 Å². The maximum atomic E-state index is 13.3. The third-order valence-electron chi connectivity index (χ3n) is 4.47. The summed E-state index contributed by atoms with van der Waals surface area (Å²) in [5, 5.41) is 6.25. The number of hydrogen-bond acceptors (Lipinski definition) is 11. The highest BCUT2D eigenvalue weighted by Crippen LogP contribution is 2.35. The van der Waals surface area contributed by atoms with Crippen molar-refractivity contribution in [2.24, 2.45) is 0 Å². The van der Waals surface area contributed by atoms with Crippen molar-refractivity contribution in [2.75, 3.05) is 26.4 Å². The smallest absolute Gasteiger partial charge is 0.409 e. The lowest BCUT2D eigenvalue weighted by Crippen LogP contribution is -2.63. The quantitative estimate of drug-likeness (QED) is 0.263. The molecule has 1 aromatic heterocycles. The number of ether oxygens (including phenoxy) is 5. The zero-order valence-electron chi connectivity index (χ0n) is 22.6. The highest BCUT2D eigenvalue weighted by molar-refractivity contribution is 6.07. The fourth-order valence-electron chi connectivity index (χ4n) is 3.11. The third-order valence-corrected chi connectivity index (χ3v) is 4.47. The summed E-state index contributed by atoms with van der Waals surface area (Å²) in [4.78, 5) is 51.2. The topological polar surface area (TPSA) is 152 Å². The van der Waals surface area contributed by atoms with E-state index in [1.807, 2.05) is 20.8 Å². The van der Waals surface area contributed by atoms with Crippen LogP contribution in [0, 0.1) is 0 Å². The molecule has 204 valence electrons. The van der Waals surface area contributed by atoms with Crippen molar-refractivity contribution in [2.45, 2.75) is 85.3 Å². The van der Waals surface area contributed by atoms with E-state index in [1.165, 1.54) is 0 Å². The van der Waals surface area contributed by atoms with Gasteiger partial charge in [0, 0.05) is 11.8 Å². The minimum Gasteiger partial charge on any atom is -0.464 e. The van der Waals surface area contributed by atoms with Crippen LogP contribution in [0.2, 0.25) is 0 Å². The van der Waals surface area contributed by atoms with Gasteiger partial charge >= 0.3 is 24.0 Å². The van der Waals surface area contributed by atoms with Crippen LogP contribution in [-0.2, 0) is 45.2 Å². The van der Waals surface area contributed by atoms with Crippen LogP contribution in [0.5, 0.6) is 5.88 Å². The molecule has 1 N–H and O–H groups in total. The fraction of sp³-hybridized carbons (Fsp3) is 0.708. The van der Waals surface area contributed by atoms with Crippen molar-refractivity contribution < 1.29 is 47.4 Å². The molecule has 0 saturated heterocycles. The Labute approximate surface area is 211 Å². The van der Waals surface area contributed by atoms with Gasteiger partial charge in [0.1, 0.15) is 11.4 Å². The Bertz CT molecular complexity index is 906. The lowest BCUT2D eigenvalue weighted by atomic mass is 9.84. The van der Waals surface area contributed by atoms with Gasteiger partial charge in [-0.1, -0.05) is 20.8 Å². The molecule has 0 spiro atoms. The standard InChI is InChI=1S/C24H38N2O10/c1-10-31-16(27)14-34-18-15(17(36-26-18)22(4,5)6)13-24(19(28)32-11-2,20(29)33-12-3)25-21(30)35-23(7,8)9/h10-14H2,1-9H3,(H,25,30). The maximum Gasteiger partial charge on any atom is 0.409 e. The Balaban J connectivity index is 3.67. The molecule has 36 heavy (non-hydrogen) atoms. The van der Waals surface area contributed by atoms with Gasteiger partial charge in [-0.3, -0.25) is 5.32 Å². The highest BCUT2D eigenvalue weighted by Gasteiger charge is 2.53. The summed E-state index contributed by atoms with van der Waals surface area (Å²) in [6.07, 6.45) is -1.57. The zero-order valence-corrected chi connectivity index (χ0v) is 22.6. The normalized spacial score (nSPS) is 11.9. The average molecular weight is 515 g/mol. The number of nitrogens with zero attached hydrogens (tertiary/aromatic N) is 1. The van der Waals surface area contributed by atoms with Gasteiger partial charge < -0.3 is 28.2 Å². The van der Waals surface area contributed by atoms with E-state index in [9.17, 15) is 19.2 Å². The number of carbonyl (C=O) groups excluding carboxylic acids is 4. The predicted molar refractivity (Wildman–Crippen MR) is 126 cm³/mol. The largest absolute Gasteiger partial charge is 0.464 e. The molecule has 0 aliphatic rings. The molecule has 1 rings (SSSR count). The molecule has 0 aromatic carbocycles. The van der Waals surface area contributed by atoms with Gasteiger partial charge in [0.25, 0.3) is 5.88 Å². The zero-order chi connectivity index (χ0) is 27.7. The van der Waals surface area contributed by atoms with Gasteiger partial charge in [-0.25, -0.2) is 19.2 Å². The van der Waals surface area contributed by atoms with E-state index >= 15 is 0 Å². The third kappa shape index (κ3) is 8.42. The van der Waals surface area contributed by atoms with Crippen LogP contribution in [0.25, 0.3) is 0 Å². The highest BCUT2D eigenvalue weighted by atomic mass is 16.6. The van der Waals surface area contributed by atoms with Gasteiger partial charge in [-0.15, -0.1) is 0 Å². The Morgan fingerprint density at radius 1 is 0.861 bits per heavy atom. The molecule has 0 saturated carbocycles. The summed E-state index contributed by atoms with van der Waals surface area (Å²) in [5.41, 5.74) is -3.82. The molecule has 0 aliphatic carbocycles. The van der Waals surface area contributed by atoms with Crippen LogP contribution in [0.4, 0.5) is 4.79 Å². The molecule has 12 nitrogen and oxygen atoms in total. The minimum atomic E-state index is -2.37. The molecular formula is C24H38N2O10. The number of rotatable bonds is 11. The second-order valence-electron chi connectivity index (χ2n) is 9.79. The van der Waals surface area contributed by atoms with Crippen molar-refractivity contribution in [1.82, 2.24) is 10.5 Å². The van der Waals surface area contributed by atoms with Crippen molar-refractivity contribution >= 4 is 24.0 Å². The first-order valence-electron chi connectivity index (χ1n) is 11.7. The van der Waals surface area contributed by atoms with Crippen molar-refractivity contribution in [3.63, 3.8) is 0 Å². The van der Waals surface area contributed by atoms with Crippen molar-refractivity contribution in [3.8, 4) is 5.88 Å². The second-order valence-corrected chi connectivity index (χ2v) is 9.79. The van der Waals surface area contributed by atoms with Crippen molar-refractivity contribution in [3.05, 3.63) is 11.3 Å². The SMILES string of the molecule is CCOC(=O)COc1noc(C(C)(C)C)c1CC(NC(=O)OC(C)(C)C)(C(=O)OCC)C(=O)OCC. The summed E-state index contributed by atoms with van der Waals surface area (Å²) in [6.45, 7) is 14.5. The lowest BCUT2D eigenvalue weighted by Gasteiger charge is -2.31. The van der Waals surface area contributed by atoms with E-state index in [0.717, 1.165) is 0 Å². The van der Waals surface area contributed by atoms with E-state index in [2.05, 4.69) is 10.5 Å². The van der Waals surface area contributed by atoms with Crippen LogP contribution < -0.4 is 10.1 Å². The molecular weight excluding hydrogens is 476 g/mol. The summed E-state index contributed by atoms with van der Waals surface area (Å²) in [6, 6.07) is 0. The molecule has 1 heterocycles. The van der Waals surface area contributed by atoms with Gasteiger partial charge in [0.15, 0.2) is 6.61 Å². The van der Waals surface area contributed by atoms with E-state index in [1.54, 1.807) is 41.5 Å². The molecule has 1 amide bonds. The molecule has 0 atom stereocenters. The summed E-state index contributed by atoms with van der Waals surface area (Å²) in [5.74, 6) is -2.71. The summed E-state index contributed by atoms with van der Waals surface area (Å²) >= 11 is 0. The average Bonchev–Trinajstić information content (AvgIpc) is 3.13. The number of amides is 1. The Hall–Kier alpha value is -3.31. The monoisotopic (exact) mass is 514 g/mol. The molecule has 0 unspecified atom stereocenters. The second kappa shape index (κ2) is 12.6. The minimum absolute atomic E-state index is 0.0853. The summed E-state index contributed by atoms with van der Waals surface area (Å²) in [7, 11) is 0. The predicted octanol–water partition coefficient (Wildman–Crippen LogP) is 2.85. The Morgan fingerprint density at radius 2 is 1.39 bits per heavy atom. The van der Waals surface area contributed by atoms with E-state index in [0.29, 0.717) is 0 Å². The first kappa shape index (κ1) is 30.7. The maximum absolute atomic E-state index is 13.3. The molecule has 0 aliphatic heterocycles. The van der Waals surface area contributed by atoms with Gasteiger partial charge in [0.2, 0.25) is 5.54 Å². The van der Waals surface area contributed by atoms with Crippen LogP contribution in [0.1, 0.15) is 73.6 Å². The van der Waals surface area contributed by atoms with Crippen molar-refractivity contribution in [1.29, 1.82) is 0 Å². The van der Waals surface area contributed by atoms with Gasteiger partial charge in [0.05, 0.1) is 25.4 Å². The van der Waals surface area contributed by atoms with Gasteiger partial charge in [-0.05, 0) is 46.7 Å². The molecule has 12 heteroatoms. The number of nitrogens with one attached hydrogen (secondary N) is 1. The van der Waals surface area contributed by atoms with E-state index in [-0.39, 0.29) is 37.0 Å². The van der Waals surface area contributed by atoms with Crippen LogP contribution in [0.15, 0.2) is 4.52 Å². The molecule has 0 bridgehead atoms. The number of hydrogen-bond donors (Lipinski definition) is 1. The van der Waals surface area contributed by atoms with Crippen LogP contribution in [0.3, 0.4) is 0 Å². The first-order chi connectivity index (χ1) is 16.6. The number of aromatic nitrogens is 1. The number of esters is 3. The van der Waals surface area contributed by atoms with E-state index in [4.69, 9.17) is 28.2 Å². The van der Waals surface area contributed by atoms with Gasteiger partial charge in [-0.2, -0.15) is 0 Å². The Morgan fingerprint density at radius 3 is 1.83 bits per heavy atom. The Kier molecular flexibility index (Phi) is 10.7. The fourth-order valence-corrected chi connectivity index (χ4v) is 3.11. The van der Waals surface area contributed by atoms with E-state index < -0.39 is 53.6 Å². The van der Waals surface area contributed by atoms with Crippen LogP contribution >= 0.6 is 0 Å². The molecule has 0 fully saturated rings.